The molecule has 2 saturated heterocycles. The van der Waals surface area contributed by atoms with E-state index in [1.165, 1.54) is 6.07 Å². The number of rotatable bonds is 4. The van der Waals surface area contributed by atoms with Crippen LogP contribution in [0, 0.1) is 17.7 Å². The van der Waals surface area contributed by atoms with E-state index in [-0.39, 0.29) is 41.2 Å². The number of nitrogens with zero attached hydrogens (tertiary/aromatic N) is 2. The Bertz CT molecular complexity index is 853. The monoisotopic (exact) mass is 430 g/mol. The maximum atomic E-state index is 14.5. The van der Waals surface area contributed by atoms with Crippen LogP contribution in [0.15, 0.2) is 18.2 Å². The van der Waals surface area contributed by atoms with Crippen molar-refractivity contribution in [3.63, 3.8) is 0 Å². The average molecular weight is 431 g/mol. The van der Waals surface area contributed by atoms with E-state index in [1.54, 1.807) is 21.9 Å². The topological polar surface area (TPSA) is 81.8 Å². The van der Waals surface area contributed by atoms with Crippen LogP contribution in [0.2, 0.25) is 0 Å². The molecule has 3 atom stereocenters. The van der Waals surface area contributed by atoms with E-state index in [1.807, 2.05) is 6.92 Å². The standard InChI is InChI=1S/C23H31FN4O3/c1-2-21(29)27-9-11-28(12-10-27)23(31)18-13-15(7-8-19(18)24)14-20-16-5-3-4-6-17(16)22(30)26-25-20/h7-8,13,16-17,20,25H,2-6,9-12,14H2,1H3,(H,26,30). The lowest BCUT2D eigenvalue weighted by Gasteiger charge is -2.41. The van der Waals surface area contributed by atoms with Crippen molar-refractivity contribution in [1.29, 1.82) is 0 Å². The summed E-state index contributed by atoms with van der Waals surface area (Å²) in [5.74, 6) is -0.422. The smallest absolute Gasteiger partial charge is 0.256 e. The Labute approximate surface area is 182 Å². The van der Waals surface area contributed by atoms with Crippen LogP contribution in [-0.2, 0) is 16.0 Å². The van der Waals surface area contributed by atoms with Gasteiger partial charge in [0.1, 0.15) is 5.82 Å². The van der Waals surface area contributed by atoms with Crippen LogP contribution >= 0.6 is 0 Å². The first kappa shape index (κ1) is 21.7. The first-order valence-corrected chi connectivity index (χ1v) is 11.4. The van der Waals surface area contributed by atoms with Gasteiger partial charge in [-0.1, -0.05) is 25.8 Å². The molecule has 0 spiro atoms. The SMILES string of the molecule is CCC(=O)N1CCN(C(=O)c2cc(CC3NNC(=O)C4CCCCC34)ccc2F)CC1. The highest BCUT2D eigenvalue weighted by molar-refractivity contribution is 5.95. The number of benzene rings is 1. The first-order chi connectivity index (χ1) is 15.0. The van der Waals surface area contributed by atoms with Gasteiger partial charge in [-0.25, -0.2) is 9.82 Å². The molecule has 1 aromatic carbocycles. The summed E-state index contributed by atoms with van der Waals surface area (Å²) in [6, 6.07) is 4.80. The Balaban J connectivity index is 1.44. The zero-order valence-corrected chi connectivity index (χ0v) is 18.0. The van der Waals surface area contributed by atoms with Crippen LogP contribution in [0.25, 0.3) is 0 Å². The molecule has 31 heavy (non-hydrogen) atoms. The van der Waals surface area contributed by atoms with Crippen LogP contribution in [0.5, 0.6) is 0 Å². The molecule has 4 rings (SSSR count). The van der Waals surface area contributed by atoms with Gasteiger partial charge in [-0.15, -0.1) is 0 Å². The number of hydrogen-bond acceptors (Lipinski definition) is 4. The summed E-state index contributed by atoms with van der Waals surface area (Å²) in [5, 5.41) is 0. The van der Waals surface area contributed by atoms with Crippen molar-refractivity contribution in [2.24, 2.45) is 11.8 Å². The van der Waals surface area contributed by atoms with Gasteiger partial charge < -0.3 is 9.80 Å². The van der Waals surface area contributed by atoms with Crippen LogP contribution in [0.3, 0.4) is 0 Å². The third-order valence-corrected chi connectivity index (χ3v) is 6.99. The zero-order chi connectivity index (χ0) is 22.0. The number of halogens is 1. The summed E-state index contributed by atoms with van der Waals surface area (Å²) in [6.07, 6.45) is 5.18. The summed E-state index contributed by atoms with van der Waals surface area (Å²) in [4.78, 5) is 40.4. The molecule has 0 aromatic heterocycles. The van der Waals surface area contributed by atoms with E-state index in [9.17, 15) is 18.8 Å². The van der Waals surface area contributed by atoms with E-state index in [4.69, 9.17) is 0 Å². The number of carbonyl (C=O) groups excluding carboxylic acids is 3. The highest BCUT2D eigenvalue weighted by Crippen LogP contribution is 2.35. The third kappa shape index (κ3) is 4.59. The average Bonchev–Trinajstić information content (AvgIpc) is 2.81. The maximum Gasteiger partial charge on any atom is 0.256 e. The van der Waals surface area contributed by atoms with Gasteiger partial charge in [-0.05, 0) is 42.9 Å². The zero-order valence-electron chi connectivity index (χ0n) is 18.0. The molecule has 3 fully saturated rings. The fourth-order valence-electron chi connectivity index (χ4n) is 5.20. The molecule has 1 aliphatic carbocycles. The summed E-state index contributed by atoms with van der Waals surface area (Å²) in [7, 11) is 0. The summed E-state index contributed by atoms with van der Waals surface area (Å²) in [5.41, 5.74) is 6.89. The highest BCUT2D eigenvalue weighted by Gasteiger charge is 2.40. The van der Waals surface area contributed by atoms with Gasteiger partial charge in [0, 0.05) is 44.6 Å². The maximum absolute atomic E-state index is 14.5. The van der Waals surface area contributed by atoms with Crippen molar-refractivity contribution in [2.45, 2.75) is 51.5 Å². The molecule has 0 bridgehead atoms. The largest absolute Gasteiger partial charge is 0.339 e. The van der Waals surface area contributed by atoms with E-state index in [2.05, 4.69) is 10.9 Å². The Hall–Kier alpha value is -2.48. The predicted molar refractivity (Wildman–Crippen MR) is 113 cm³/mol. The summed E-state index contributed by atoms with van der Waals surface area (Å²) in [6.45, 7) is 3.61. The van der Waals surface area contributed by atoms with Crippen LogP contribution in [-0.4, -0.2) is 59.7 Å². The molecule has 1 aromatic rings. The highest BCUT2D eigenvalue weighted by atomic mass is 19.1. The minimum absolute atomic E-state index is 0.0312. The molecule has 7 nitrogen and oxygen atoms in total. The van der Waals surface area contributed by atoms with Crippen molar-refractivity contribution in [1.82, 2.24) is 20.7 Å². The van der Waals surface area contributed by atoms with Crippen LogP contribution in [0.1, 0.15) is 54.9 Å². The quantitative estimate of drug-likeness (QED) is 0.764. The number of hydrogen-bond donors (Lipinski definition) is 2. The van der Waals surface area contributed by atoms with Crippen molar-refractivity contribution in [2.75, 3.05) is 26.2 Å². The number of amides is 3. The second-order valence-electron chi connectivity index (χ2n) is 8.84. The van der Waals surface area contributed by atoms with Crippen molar-refractivity contribution in [3.05, 3.63) is 35.1 Å². The lowest BCUT2D eigenvalue weighted by Crippen LogP contribution is -2.60. The molecular formula is C23H31FN4O3. The molecule has 3 unspecified atom stereocenters. The van der Waals surface area contributed by atoms with E-state index < -0.39 is 5.82 Å². The van der Waals surface area contributed by atoms with Crippen molar-refractivity contribution >= 4 is 17.7 Å². The molecule has 168 valence electrons. The van der Waals surface area contributed by atoms with E-state index >= 15 is 0 Å². The van der Waals surface area contributed by atoms with Gasteiger partial charge in [0.05, 0.1) is 5.56 Å². The lowest BCUT2D eigenvalue weighted by atomic mass is 9.72. The fourth-order valence-corrected chi connectivity index (χ4v) is 5.20. The third-order valence-electron chi connectivity index (χ3n) is 6.99. The molecule has 8 heteroatoms. The number of nitrogens with one attached hydrogen (secondary N) is 2. The van der Waals surface area contributed by atoms with Gasteiger partial charge in [0.15, 0.2) is 0 Å². The molecule has 2 heterocycles. The molecule has 1 saturated carbocycles. The predicted octanol–water partition coefficient (Wildman–Crippen LogP) is 1.87. The summed E-state index contributed by atoms with van der Waals surface area (Å²) >= 11 is 0. The van der Waals surface area contributed by atoms with Gasteiger partial charge >= 0.3 is 0 Å². The Morgan fingerprint density at radius 2 is 1.81 bits per heavy atom. The van der Waals surface area contributed by atoms with Crippen molar-refractivity contribution in [3.8, 4) is 0 Å². The molecule has 2 aliphatic heterocycles. The molecule has 3 amide bonds. The van der Waals surface area contributed by atoms with Gasteiger partial charge in [-0.3, -0.25) is 19.8 Å². The molecule has 2 N–H and O–H groups in total. The molecule has 0 radical (unpaired) electrons. The minimum Gasteiger partial charge on any atom is -0.339 e. The molecular weight excluding hydrogens is 399 g/mol. The van der Waals surface area contributed by atoms with E-state index in [0.29, 0.717) is 39.0 Å². The second-order valence-corrected chi connectivity index (χ2v) is 8.84. The number of piperazine rings is 1. The second kappa shape index (κ2) is 9.34. The fraction of sp³-hybridized carbons (Fsp3) is 0.609. The minimum atomic E-state index is -0.527. The number of fused-ring (bicyclic) bond motifs is 1. The van der Waals surface area contributed by atoms with E-state index in [0.717, 1.165) is 31.2 Å². The number of carbonyl (C=O) groups is 3. The van der Waals surface area contributed by atoms with Crippen LogP contribution in [0.4, 0.5) is 4.39 Å². The Kier molecular flexibility index (Phi) is 6.55. The first-order valence-electron chi connectivity index (χ1n) is 11.4. The summed E-state index contributed by atoms with van der Waals surface area (Å²) < 4.78 is 14.5. The molecule has 3 aliphatic rings. The Morgan fingerprint density at radius 1 is 1.10 bits per heavy atom. The normalized spacial score (nSPS) is 26.3. The van der Waals surface area contributed by atoms with Gasteiger partial charge in [0.25, 0.3) is 5.91 Å². The number of hydrazine groups is 1. The van der Waals surface area contributed by atoms with Gasteiger partial charge in [-0.2, -0.15) is 0 Å². The van der Waals surface area contributed by atoms with Crippen molar-refractivity contribution < 1.29 is 18.8 Å². The van der Waals surface area contributed by atoms with Crippen LogP contribution < -0.4 is 10.9 Å². The lowest BCUT2D eigenvalue weighted by molar-refractivity contribution is -0.133. The van der Waals surface area contributed by atoms with Gasteiger partial charge in [0.2, 0.25) is 11.8 Å². The Morgan fingerprint density at radius 3 is 2.55 bits per heavy atom.